The van der Waals surface area contributed by atoms with E-state index in [0.29, 0.717) is 6.42 Å². The number of carbonyl (C=O) groups is 1. The number of unbranched alkanes of at least 4 members (excludes halogenated alkanes) is 28. The molecular weight excluding hydrogens is 791 g/mol. The number of hydrogen-bond acceptors (Lipinski definition) is 8. The molecule has 1 fully saturated rings. The fourth-order valence-corrected chi connectivity index (χ4v) is 8.14. The molecule has 368 valence electrons. The van der Waals surface area contributed by atoms with Gasteiger partial charge in [0.15, 0.2) is 6.29 Å². The molecule has 0 radical (unpaired) electrons. The van der Waals surface area contributed by atoms with Gasteiger partial charge in [0.05, 0.1) is 25.4 Å². The normalized spacial score (nSPS) is 20.5. The number of allylic oxidation sites excluding steroid dienone is 7. The Kier molecular flexibility index (Phi) is 41.3. The average Bonchev–Trinajstić information content (AvgIpc) is 3.28. The van der Waals surface area contributed by atoms with Crippen molar-refractivity contribution in [3.8, 4) is 0 Å². The second-order valence-electron chi connectivity index (χ2n) is 18.3. The smallest absolute Gasteiger partial charge is 0.220 e. The van der Waals surface area contributed by atoms with Crippen molar-refractivity contribution >= 4 is 5.91 Å². The van der Waals surface area contributed by atoms with Crippen LogP contribution in [-0.2, 0) is 14.3 Å². The third-order valence-corrected chi connectivity index (χ3v) is 12.4. The SMILES string of the molecule is CCCCCCCCCCC/C=C\C/C=C\CCCCCCCCCC(=O)NC(COC1OC(CO)C(O)C(O)C1O)C(O)/C=C/CC/C=C/CCCCCCCCCCCCC. The number of aliphatic hydroxyl groups is 5. The Morgan fingerprint density at radius 3 is 1.43 bits per heavy atom. The summed E-state index contributed by atoms with van der Waals surface area (Å²) in [6, 6.07) is -0.827. The molecule has 63 heavy (non-hydrogen) atoms. The summed E-state index contributed by atoms with van der Waals surface area (Å²) in [7, 11) is 0. The summed E-state index contributed by atoms with van der Waals surface area (Å²) in [6.07, 6.45) is 50.2. The molecule has 1 rings (SSSR count). The number of ether oxygens (including phenoxy) is 2. The molecule has 0 spiro atoms. The fourth-order valence-electron chi connectivity index (χ4n) is 8.14. The zero-order chi connectivity index (χ0) is 45.9. The number of aliphatic hydroxyl groups excluding tert-OH is 5. The molecular formula is C54H99NO8. The van der Waals surface area contributed by atoms with E-state index in [9.17, 15) is 30.3 Å². The van der Waals surface area contributed by atoms with E-state index in [0.717, 1.165) is 57.8 Å². The van der Waals surface area contributed by atoms with Crippen molar-refractivity contribution in [1.82, 2.24) is 5.32 Å². The molecule has 0 aromatic carbocycles. The van der Waals surface area contributed by atoms with Crippen LogP contribution >= 0.6 is 0 Å². The highest BCUT2D eigenvalue weighted by Crippen LogP contribution is 2.23. The molecule has 1 aliphatic heterocycles. The minimum Gasteiger partial charge on any atom is -0.394 e. The largest absolute Gasteiger partial charge is 0.394 e. The molecule has 0 aromatic heterocycles. The quantitative estimate of drug-likeness (QED) is 0.0262. The van der Waals surface area contributed by atoms with E-state index < -0.39 is 49.5 Å². The van der Waals surface area contributed by atoms with E-state index >= 15 is 0 Å². The second-order valence-corrected chi connectivity index (χ2v) is 18.3. The van der Waals surface area contributed by atoms with Gasteiger partial charge in [-0.05, 0) is 64.2 Å². The van der Waals surface area contributed by atoms with E-state index in [1.807, 2.05) is 6.08 Å². The molecule has 6 N–H and O–H groups in total. The van der Waals surface area contributed by atoms with Crippen LogP contribution in [0.4, 0.5) is 0 Å². The van der Waals surface area contributed by atoms with Gasteiger partial charge < -0.3 is 40.3 Å². The predicted molar refractivity (Wildman–Crippen MR) is 263 cm³/mol. The average molecular weight is 890 g/mol. The summed E-state index contributed by atoms with van der Waals surface area (Å²) in [5.41, 5.74) is 0. The molecule has 9 heteroatoms. The Morgan fingerprint density at radius 1 is 0.540 bits per heavy atom. The molecule has 1 heterocycles. The lowest BCUT2D eigenvalue weighted by atomic mass is 9.99. The van der Waals surface area contributed by atoms with E-state index in [-0.39, 0.29) is 12.5 Å². The van der Waals surface area contributed by atoms with Gasteiger partial charge in [-0.25, -0.2) is 0 Å². The highest BCUT2D eigenvalue weighted by atomic mass is 16.7. The van der Waals surface area contributed by atoms with Crippen LogP contribution < -0.4 is 5.32 Å². The maximum absolute atomic E-state index is 13.0. The summed E-state index contributed by atoms with van der Waals surface area (Å²) in [5.74, 6) is -0.194. The van der Waals surface area contributed by atoms with Crippen molar-refractivity contribution in [1.29, 1.82) is 0 Å². The minimum absolute atomic E-state index is 0.194. The van der Waals surface area contributed by atoms with Crippen LogP contribution in [0, 0.1) is 0 Å². The lowest BCUT2D eigenvalue weighted by Crippen LogP contribution is -2.60. The third kappa shape index (κ3) is 34.2. The standard InChI is InChI=1S/C54H99NO8/c1-3-5-7-9-11-13-15-17-19-21-22-23-24-25-26-28-30-32-34-36-38-40-42-44-50(58)55-47(46-62-54-53(61)52(60)51(59)49(45-56)63-54)48(57)43-41-39-37-35-33-31-29-27-20-18-16-14-12-10-8-6-4-2/h22-23,25-26,33,35,41,43,47-49,51-54,56-57,59-61H,3-21,24,27-32,34,36-40,42,44-46H2,1-2H3,(H,55,58)/b23-22-,26-25-,35-33+,43-41+. The Labute approximate surface area is 386 Å². The Bertz CT molecular complexity index is 1130. The maximum atomic E-state index is 13.0. The van der Waals surface area contributed by atoms with Crippen molar-refractivity contribution in [2.24, 2.45) is 0 Å². The van der Waals surface area contributed by atoms with Crippen LogP contribution in [0.25, 0.3) is 0 Å². The molecule has 0 saturated carbocycles. The van der Waals surface area contributed by atoms with Gasteiger partial charge in [-0.15, -0.1) is 0 Å². The van der Waals surface area contributed by atoms with E-state index in [2.05, 4.69) is 55.6 Å². The van der Waals surface area contributed by atoms with Crippen LogP contribution in [0.3, 0.4) is 0 Å². The lowest BCUT2D eigenvalue weighted by molar-refractivity contribution is -0.302. The first-order valence-corrected chi connectivity index (χ1v) is 26.4. The van der Waals surface area contributed by atoms with E-state index in [1.165, 1.54) is 154 Å². The van der Waals surface area contributed by atoms with Crippen molar-refractivity contribution in [2.45, 2.75) is 275 Å². The Hall–Kier alpha value is -1.85. The van der Waals surface area contributed by atoms with Crippen LogP contribution in [0.15, 0.2) is 48.6 Å². The molecule has 1 aliphatic rings. The lowest BCUT2D eigenvalue weighted by Gasteiger charge is -2.40. The van der Waals surface area contributed by atoms with Crippen molar-refractivity contribution < 1.29 is 39.8 Å². The predicted octanol–water partition coefficient (Wildman–Crippen LogP) is 12.2. The fraction of sp³-hybridized carbons (Fsp3) is 0.833. The molecule has 0 bridgehead atoms. The summed E-state index contributed by atoms with van der Waals surface area (Å²) in [6.45, 7) is 3.76. The monoisotopic (exact) mass is 890 g/mol. The van der Waals surface area contributed by atoms with Crippen LogP contribution in [-0.4, -0.2) is 87.5 Å². The van der Waals surface area contributed by atoms with Gasteiger partial charge in [0, 0.05) is 6.42 Å². The summed E-state index contributed by atoms with van der Waals surface area (Å²) in [4.78, 5) is 13.0. The number of carbonyl (C=O) groups excluding carboxylic acids is 1. The molecule has 7 atom stereocenters. The molecule has 7 unspecified atom stereocenters. The van der Waals surface area contributed by atoms with Crippen molar-refractivity contribution in [3.05, 3.63) is 48.6 Å². The van der Waals surface area contributed by atoms with Crippen LogP contribution in [0.5, 0.6) is 0 Å². The van der Waals surface area contributed by atoms with Crippen LogP contribution in [0.2, 0.25) is 0 Å². The van der Waals surface area contributed by atoms with Gasteiger partial charge in [-0.2, -0.15) is 0 Å². The molecule has 9 nitrogen and oxygen atoms in total. The number of amides is 1. The first kappa shape index (κ1) is 59.2. The van der Waals surface area contributed by atoms with Crippen molar-refractivity contribution in [3.63, 3.8) is 0 Å². The molecule has 1 amide bonds. The van der Waals surface area contributed by atoms with Crippen LogP contribution in [0.1, 0.15) is 232 Å². The molecule has 1 saturated heterocycles. The van der Waals surface area contributed by atoms with E-state index in [4.69, 9.17) is 9.47 Å². The van der Waals surface area contributed by atoms with Gasteiger partial charge >= 0.3 is 0 Å². The molecule has 0 aromatic rings. The Balaban J connectivity index is 2.31. The third-order valence-electron chi connectivity index (χ3n) is 12.4. The summed E-state index contributed by atoms with van der Waals surface area (Å²) < 4.78 is 11.2. The first-order chi connectivity index (χ1) is 30.8. The van der Waals surface area contributed by atoms with Crippen molar-refractivity contribution in [2.75, 3.05) is 13.2 Å². The number of nitrogens with one attached hydrogen (secondary N) is 1. The second kappa shape index (κ2) is 44.0. The zero-order valence-corrected chi connectivity index (χ0v) is 40.6. The number of hydrogen-bond donors (Lipinski definition) is 6. The minimum atomic E-state index is -1.57. The van der Waals surface area contributed by atoms with Gasteiger partial charge in [0.1, 0.15) is 24.4 Å². The summed E-state index contributed by atoms with van der Waals surface area (Å²) in [5, 5.41) is 54.3. The van der Waals surface area contributed by atoms with Gasteiger partial charge in [-0.3, -0.25) is 4.79 Å². The van der Waals surface area contributed by atoms with Gasteiger partial charge in [-0.1, -0.05) is 210 Å². The highest BCUT2D eigenvalue weighted by Gasteiger charge is 2.44. The van der Waals surface area contributed by atoms with E-state index in [1.54, 1.807) is 6.08 Å². The highest BCUT2D eigenvalue weighted by molar-refractivity contribution is 5.76. The van der Waals surface area contributed by atoms with Gasteiger partial charge in [0.25, 0.3) is 0 Å². The molecule has 0 aliphatic carbocycles. The Morgan fingerprint density at radius 2 is 0.952 bits per heavy atom. The number of rotatable bonds is 44. The topological polar surface area (TPSA) is 149 Å². The maximum Gasteiger partial charge on any atom is 0.220 e. The summed E-state index contributed by atoms with van der Waals surface area (Å²) >= 11 is 0. The van der Waals surface area contributed by atoms with Gasteiger partial charge in [0.2, 0.25) is 5.91 Å². The zero-order valence-electron chi connectivity index (χ0n) is 40.6. The first-order valence-electron chi connectivity index (χ1n) is 26.4.